The lowest BCUT2D eigenvalue weighted by Crippen LogP contribution is -2.18. The van der Waals surface area contributed by atoms with E-state index in [-0.39, 0.29) is 18.1 Å². The second-order valence-electron chi connectivity index (χ2n) is 6.32. The summed E-state index contributed by atoms with van der Waals surface area (Å²) in [6, 6.07) is 13.1. The van der Waals surface area contributed by atoms with Crippen LogP contribution in [0.2, 0.25) is 0 Å². The van der Waals surface area contributed by atoms with Gasteiger partial charge in [-0.3, -0.25) is 4.79 Å². The molecule has 1 heterocycles. The Kier molecular flexibility index (Phi) is 3.53. The molecule has 2 aromatic rings. The maximum atomic E-state index is 12.5. The van der Waals surface area contributed by atoms with Gasteiger partial charge in [-0.15, -0.1) is 0 Å². The summed E-state index contributed by atoms with van der Waals surface area (Å²) in [7, 11) is 0. The Balaban J connectivity index is 1.86. The lowest BCUT2D eigenvalue weighted by molar-refractivity contribution is 0.102. The van der Waals surface area contributed by atoms with Crippen LogP contribution in [0.3, 0.4) is 0 Å². The van der Waals surface area contributed by atoms with Crippen LogP contribution < -0.4 is 14.8 Å². The predicted octanol–water partition coefficient (Wildman–Crippen LogP) is 3.97. The Labute approximate surface area is 130 Å². The van der Waals surface area contributed by atoms with Crippen molar-refractivity contribution in [1.29, 1.82) is 0 Å². The number of hydrogen-bond donors (Lipinski definition) is 1. The standard InChI is InChI=1S/C18H19NO3/c1-18(2,3)13-6-4-5-7-14(13)19-17(20)12-8-9-15-16(10-12)22-11-21-15/h4-10H,11H2,1-3H3,(H,19,20). The number of carbonyl (C=O) groups excluding carboxylic acids is 1. The zero-order valence-corrected chi connectivity index (χ0v) is 13.0. The summed E-state index contributed by atoms with van der Waals surface area (Å²) in [5.41, 5.74) is 2.44. The molecule has 1 amide bonds. The van der Waals surface area contributed by atoms with Gasteiger partial charge in [0, 0.05) is 11.3 Å². The lowest BCUT2D eigenvalue weighted by Gasteiger charge is -2.23. The van der Waals surface area contributed by atoms with Crippen molar-refractivity contribution >= 4 is 11.6 Å². The van der Waals surface area contributed by atoms with Crippen molar-refractivity contribution in [2.45, 2.75) is 26.2 Å². The summed E-state index contributed by atoms with van der Waals surface area (Å²) in [6.07, 6.45) is 0. The van der Waals surface area contributed by atoms with Crippen molar-refractivity contribution in [3.05, 3.63) is 53.6 Å². The highest BCUT2D eigenvalue weighted by Crippen LogP contribution is 2.33. The Morgan fingerprint density at radius 2 is 1.77 bits per heavy atom. The van der Waals surface area contributed by atoms with Crippen molar-refractivity contribution in [2.24, 2.45) is 0 Å². The fraction of sp³-hybridized carbons (Fsp3) is 0.278. The van der Waals surface area contributed by atoms with Crippen LogP contribution in [0.5, 0.6) is 11.5 Å². The van der Waals surface area contributed by atoms with Crippen molar-refractivity contribution in [3.8, 4) is 11.5 Å². The molecule has 1 N–H and O–H groups in total. The number of amides is 1. The third kappa shape index (κ3) is 2.77. The molecule has 0 spiro atoms. The topological polar surface area (TPSA) is 47.6 Å². The molecule has 0 unspecified atom stereocenters. The molecule has 22 heavy (non-hydrogen) atoms. The molecule has 4 heteroatoms. The van der Waals surface area contributed by atoms with Crippen LogP contribution in [0.4, 0.5) is 5.69 Å². The third-order valence-corrected chi connectivity index (χ3v) is 3.62. The molecular formula is C18H19NO3. The molecule has 0 atom stereocenters. The van der Waals surface area contributed by atoms with Gasteiger partial charge in [0.05, 0.1) is 0 Å². The molecule has 114 valence electrons. The molecule has 4 nitrogen and oxygen atoms in total. The Bertz CT molecular complexity index is 717. The Morgan fingerprint density at radius 3 is 2.55 bits per heavy atom. The summed E-state index contributed by atoms with van der Waals surface area (Å²) in [5, 5.41) is 2.99. The molecule has 0 saturated heterocycles. The lowest BCUT2D eigenvalue weighted by atomic mass is 9.86. The largest absolute Gasteiger partial charge is 0.454 e. The molecule has 0 fully saturated rings. The van der Waals surface area contributed by atoms with Gasteiger partial charge in [-0.1, -0.05) is 39.0 Å². The fourth-order valence-electron chi connectivity index (χ4n) is 2.48. The van der Waals surface area contributed by atoms with Gasteiger partial charge in [0.15, 0.2) is 11.5 Å². The molecule has 0 bridgehead atoms. The molecule has 2 aromatic carbocycles. The molecule has 3 rings (SSSR count). The summed E-state index contributed by atoms with van der Waals surface area (Å²) >= 11 is 0. The van der Waals surface area contributed by atoms with Crippen LogP contribution >= 0.6 is 0 Å². The summed E-state index contributed by atoms with van der Waals surface area (Å²) in [4.78, 5) is 12.5. The smallest absolute Gasteiger partial charge is 0.255 e. The van der Waals surface area contributed by atoms with E-state index in [9.17, 15) is 4.79 Å². The van der Waals surface area contributed by atoms with Crippen molar-refractivity contribution in [1.82, 2.24) is 0 Å². The molecule has 0 aromatic heterocycles. The first-order valence-electron chi connectivity index (χ1n) is 7.26. The number of carbonyl (C=O) groups is 1. The van der Waals surface area contributed by atoms with Crippen LogP contribution in [0.15, 0.2) is 42.5 Å². The highest BCUT2D eigenvalue weighted by atomic mass is 16.7. The number of ether oxygens (including phenoxy) is 2. The minimum absolute atomic E-state index is 0.0429. The molecule has 1 aliphatic rings. The van der Waals surface area contributed by atoms with E-state index < -0.39 is 0 Å². The highest BCUT2D eigenvalue weighted by molar-refractivity contribution is 6.05. The molecule has 0 radical (unpaired) electrons. The van der Waals surface area contributed by atoms with E-state index in [0.717, 1.165) is 11.3 Å². The number of rotatable bonds is 2. The van der Waals surface area contributed by atoms with Gasteiger partial charge in [-0.2, -0.15) is 0 Å². The van der Waals surface area contributed by atoms with Gasteiger partial charge in [0.25, 0.3) is 5.91 Å². The number of fused-ring (bicyclic) bond motifs is 1. The molecule has 0 aliphatic carbocycles. The first-order chi connectivity index (χ1) is 10.4. The van der Waals surface area contributed by atoms with Gasteiger partial charge in [-0.25, -0.2) is 0 Å². The number of nitrogens with one attached hydrogen (secondary N) is 1. The number of hydrogen-bond acceptors (Lipinski definition) is 3. The van der Waals surface area contributed by atoms with E-state index in [2.05, 4.69) is 26.1 Å². The Morgan fingerprint density at radius 1 is 1.05 bits per heavy atom. The average molecular weight is 297 g/mol. The summed E-state index contributed by atoms with van der Waals surface area (Å²) < 4.78 is 10.6. The zero-order chi connectivity index (χ0) is 15.7. The quantitative estimate of drug-likeness (QED) is 0.912. The first-order valence-corrected chi connectivity index (χ1v) is 7.26. The van der Waals surface area contributed by atoms with Gasteiger partial charge < -0.3 is 14.8 Å². The van der Waals surface area contributed by atoms with E-state index in [1.54, 1.807) is 18.2 Å². The molecular weight excluding hydrogens is 278 g/mol. The van der Waals surface area contributed by atoms with Gasteiger partial charge in [0.1, 0.15) is 0 Å². The van der Waals surface area contributed by atoms with Crippen LogP contribution in [0, 0.1) is 0 Å². The van der Waals surface area contributed by atoms with Crippen LogP contribution in [0.25, 0.3) is 0 Å². The number of para-hydroxylation sites is 1. The van der Waals surface area contributed by atoms with Crippen LogP contribution in [0.1, 0.15) is 36.7 Å². The third-order valence-electron chi connectivity index (χ3n) is 3.62. The van der Waals surface area contributed by atoms with E-state index in [1.807, 2.05) is 24.3 Å². The molecule has 0 saturated carbocycles. The Hall–Kier alpha value is -2.49. The van der Waals surface area contributed by atoms with Gasteiger partial charge in [0.2, 0.25) is 6.79 Å². The normalized spacial score (nSPS) is 13.0. The van der Waals surface area contributed by atoms with Gasteiger partial charge >= 0.3 is 0 Å². The second-order valence-corrected chi connectivity index (χ2v) is 6.32. The minimum atomic E-state index is -0.157. The monoisotopic (exact) mass is 297 g/mol. The van der Waals surface area contributed by atoms with E-state index >= 15 is 0 Å². The van der Waals surface area contributed by atoms with Crippen LogP contribution in [-0.2, 0) is 5.41 Å². The average Bonchev–Trinajstić information content (AvgIpc) is 2.94. The minimum Gasteiger partial charge on any atom is -0.454 e. The highest BCUT2D eigenvalue weighted by Gasteiger charge is 2.20. The zero-order valence-electron chi connectivity index (χ0n) is 13.0. The maximum absolute atomic E-state index is 12.5. The van der Waals surface area contributed by atoms with E-state index in [4.69, 9.17) is 9.47 Å². The number of anilines is 1. The van der Waals surface area contributed by atoms with Crippen molar-refractivity contribution in [2.75, 3.05) is 12.1 Å². The van der Waals surface area contributed by atoms with Crippen molar-refractivity contribution in [3.63, 3.8) is 0 Å². The number of benzene rings is 2. The first kappa shape index (κ1) is 14.4. The maximum Gasteiger partial charge on any atom is 0.255 e. The van der Waals surface area contributed by atoms with E-state index in [1.165, 1.54) is 0 Å². The SMILES string of the molecule is CC(C)(C)c1ccccc1NC(=O)c1ccc2c(c1)OCO2. The van der Waals surface area contributed by atoms with E-state index in [0.29, 0.717) is 17.1 Å². The second kappa shape index (κ2) is 5.37. The van der Waals surface area contributed by atoms with Crippen LogP contribution in [-0.4, -0.2) is 12.7 Å². The van der Waals surface area contributed by atoms with Crippen molar-refractivity contribution < 1.29 is 14.3 Å². The fourth-order valence-corrected chi connectivity index (χ4v) is 2.48. The summed E-state index contributed by atoms with van der Waals surface area (Å²) in [6.45, 7) is 6.57. The van der Waals surface area contributed by atoms with Gasteiger partial charge in [-0.05, 0) is 35.2 Å². The predicted molar refractivity (Wildman–Crippen MR) is 85.7 cm³/mol. The summed E-state index contributed by atoms with van der Waals surface area (Å²) in [5.74, 6) is 1.12. The molecule has 1 aliphatic heterocycles.